The number of nitrogens with zero attached hydrogens (tertiary/aromatic N) is 2. The van der Waals surface area contributed by atoms with Gasteiger partial charge in [0.1, 0.15) is 0 Å². The minimum Gasteiger partial charge on any atom is -0.393 e. The summed E-state index contributed by atoms with van der Waals surface area (Å²) in [6.07, 6.45) is 0.517. The average Bonchev–Trinajstić information content (AvgIpc) is 2.31. The van der Waals surface area contributed by atoms with Gasteiger partial charge < -0.3 is 5.73 Å². The first-order valence-electron chi connectivity index (χ1n) is 4.06. The van der Waals surface area contributed by atoms with Crippen LogP contribution in [0.25, 0.3) is 0 Å². The van der Waals surface area contributed by atoms with Gasteiger partial charge in [-0.25, -0.2) is 0 Å². The first kappa shape index (κ1) is 10.5. The molecule has 0 spiro atoms. The third kappa shape index (κ3) is 2.19. The van der Waals surface area contributed by atoms with Gasteiger partial charge in [0.2, 0.25) is 0 Å². The second kappa shape index (κ2) is 4.07. The van der Waals surface area contributed by atoms with E-state index in [4.69, 9.17) is 29.6 Å². The molecule has 3 nitrogen and oxygen atoms in total. The van der Waals surface area contributed by atoms with E-state index in [-0.39, 0.29) is 0 Å². The van der Waals surface area contributed by atoms with Gasteiger partial charge in [0.15, 0.2) is 0 Å². The summed E-state index contributed by atoms with van der Waals surface area (Å²) in [5.41, 5.74) is 7.20. The van der Waals surface area contributed by atoms with Crippen LogP contribution in [0.1, 0.15) is 18.3 Å². The number of aromatic nitrogens is 2. The van der Waals surface area contributed by atoms with Gasteiger partial charge in [-0.1, -0.05) is 23.8 Å². The summed E-state index contributed by atoms with van der Waals surface area (Å²) < 4.78 is 1.83. The molecule has 0 aliphatic heterocycles. The predicted molar refractivity (Wildman–Crippen MR) is 58.1 cm³/mol. The Balaban J connectivity index is 3.08. The van der Waals surface area contributed by atoms with Gasteiger partial charge in [0.05, 0.1) is 21.4 Å². The second-order valence-electron chi connectivity index (χ2n) is 2.80. The zero-order valence-corrected chi connectivity index (χ0v) is 9.24. The molecule has 5 heteroatoms. The van der Waals surface area contributed by atoms with Crippen molar-refractivity contribution in [2.45, 2.75) is 26.8 Å². The highest BCUT2D eigenvalue weighted by molar-refractivity contribution is 7.80. The summed E-state index contributed by atoms with van der Waals surface area (Å²) in [5.74, 6) is 0. The number of halogens is 1. The Morgan fingerprint density at radius 2 is 2.31 bits per heavy atom. The quantitative estimate of drug-likeness (QED) is 0.784. The molecule has 0 fully saturated rings. The molecule has 0 unspecified atom stereocenters. The van der Waals surface area contributed by atoms with Gasteiger partial charge in [-0.2, -0.15) is 5.10 Å². The lowest BCUT2D eigenvalue weighted by Crippen LogP contribution is -2.15. The van der Waals surface area contributed by atoms with Crippen LogP contribution >= 0.6 is 23.8 Å². The Labute approximate surface area is 87.9 Å². The fourth-order valence-corrected chi connectivity index (χ4v) is 1.54. The third-order valence-electron chi connectivity index (χ3n) is 1.79. The summed E-state index contributed by atoms with van der Waals surface area (Å²) >= 11 is 10.9. The Kier molecular flexibility index (Phi) is 3.27. The largest absolute Gasteiger partial charge is 0.393 e. The molecule has 0 bridgehead atoms. The molecule has 1 heterocycles. The van der Waals surface area contributed by atoms with E-state index in [1.807, 2.05) is 18.5 Å². The van der Waals surface area contributed by atoms with Crippen molar-refractivity contribution in [3.63, 3.8) is 0 Å². The minimum absolute atomic E-state index is 0.441. The number of hydrogen-bond acceptors (Lipinski definition) is 2. The highest BCUT2D eigenvalue weighted by Gasteiger charge is 2.12. The van der Waals surface area contributed by atoms with Crippen LogP contribution in [0.4, 0.5) is 0 Å². The highest BCUT2D eigenvalue weighted by Crippen LogP contribution is 2.20. The normalized spacial score (nSPS) is 10.4. The lowest BCUT2D eigenvalue weighted by Gasteiger charge is -2.03. The maximum Gasteiger partial charge on any atom is 0.0851 e. The smallest absolute Gasteiger partial charge is 0.0851 e. The molecule has 0 radical (unpaired) electrons. The number of hydrogen-bond donors (Lipinski definition) is 1. The topological polar surface area (TPSA) is 43.8 Å². The minimum atomic E-state index is 0.441. The van der Waals surface area contributed by atoms with Crippen LogP contribution in [0.2, 0.25) is 5.02 Å². The van der Waals surface area contributed by atoms with Gasteiger partial charge in [-0.05, 0) is 13.8 Å². The summed E-state index contributed by atoms with van der Waals surface area (Å²) in [5, 5.41) is 4.93. The lowest BCUT2D eigenvalue weighted by atomic mass is 10.3. The number of aryl methyl sites for hydroxylation is 2. The van der Waals surface area contributed by atoms with Crippen molar-refractivity contribution in [2.24, 2.45) is 5.73 Å². The zero-order valence-electron chi connectivity index (χ0n) is 7.67. The molecule has 0 saturated carbocycles. The predicted octanol–water partition coefficient (Wildman–Crippen LogP) is 1.69. The van der Waals surface area contributed by atoms with Crippen molar-refractivity contribution in [3.05, 3.63) is 16.4 Å². The highest BCUT2D eigenvalue weighted by atomic mass is 35.5. The van der Waals surface area contributed by atoms with Crippen LogP contribution in [-0.4, -0.2) is 14.8 Å². The van der Waals surface area contributed by atoms with Crippen molar-refractivity contribution in [1.82, 2.24) is 9.78 Å². The third-order valence-corrected chi connectivity index (χ3v) is 2.43. The molecule has 2 N–H and O–H groups in total. The van der Waals surface area contributed by atoms with E-state index in [0.29, 0.717) is 16.4 Å². The Morgan fingerprint density at radius 1 is 1.69 bits per heavy atom. The second-order valence-corrected chi connectivity index (χ2v) is 3.71. The van der Waals surface area contributed by atoms with Gasteiger partial charge in [-0.15, -0.1) is 0 Å². The summed E-state index contributed by atoms with van der Waals surface area (Å²) in [7, 11) is 0. The standard InChI is InChI=1S/C8H12ClN3S/c1-3-12-6(4-7(10)13)8(9)5(2)11-12/h3-4H2,1-2H3,(H2,10,13). The molecule has 1 aromatic rings. The summed E-state index contributed by atoms with van der Waals surface area (Å²) in [4.78, 5) is 0.441. The van der Waals surface area contributed by atoms with E-state index in [1.165, 1.54) is 0 Å². The molecule has 0 amide bonds. The maximum absolute atomic E-state index is 6.04. The van der Waals surface area contributed by atoms with Gasteiger partial charge in [-0.3, -0.25) is 4.68 Å². The number of rotatable bonds is 3. The van der Waals surface area contributed by atoms with Gasteiger partial charge in [0.25, 0.3) is 0 Å². The van der Waals surface area contributed by atoms with Gasteiger partial charge >= 0.3 is 0 Å². The lowest BCUT2D eigenvalue weighted by molar-refractivity contribution is 0.629. The molecule has 0 aliphatic rings. The van der Waals surface area contributed by atoms with Crippen molar-refractivity contribution < 1.29 is 0 Å². The van der Waals surface area contributed by atoms with E-state index >= 15 is 0 Å². The van der Waals surface area contributed by atoms with Crippen LogP contribution < -0.4 is 5.73 Å². The summed E-state index contributed by atoms with van der Waals surface area (Å²) in [6, 6.07) is 0. The van der Waals surface area contributed by atoms with Crippen molar-refractivity contribution in [2.75, 3.05) is 0 Å². The summed E-state index contributed by atoms with van der Waals surface area (Å²) in [6.45, 7) is 4.66. The van der Waals surface area contributed by atoms with E-state index in [2.05, 4.69) is 5.10 Å². The van der Waals surface area contributed by atoms with E-state index in [0.717, 1.165) is 17.9 Å². The van der Waals surface area contributed by atoms with Crippen molar-refractivity contribution >= 4 is 28.8 Å². The molecule has 72 valence electrons. The van der Waals surface area contributed by atoms with Crippen molar-refractivity contribution in [1.29, 1.82) is 0 Å². The van der Waals surface area contributed by atoms with Crippen LogP contribution in [0.5, 0.6) is 0 Å². The van der Waals surface area contributed by atoms with E-state index < -0.39 is 0 Å². The average molecular weight is 218 g/mol. The van der Waals surface area contributed by atoms with Crippen LogP contribution in [-0.2, 0) is 13.0 Å². The molecule has 1 aromatic heterocycles. The first-order chi connectivity index (χ1) is 6.06. The fraction of sp³-hybridized carbons (Fsp3) is 0.500. The molecule has 0 aliphatic carbocycles. The van der Waals surface area contributed by atoms with Crippen LogP contribution in [0, 0.1) is 6.92 Å². The number of thiocarbonyl (C=S) groups is 1. The number of nitrogens with two attached hydrogens (primary N) is 1. The fourth-order valence-electron chi connectivity index (χ4n) is 1.20. The Morgan fingerprint density at radius 3 is 2.77 bits per heavy atom. The zero-order chi connectivity index (χ0) is 10.0. The molecule has 1 rings (SSSR count). The molecule has 0 aromatic carbocycles. The SMILES string of the molecule is CCn1nc(C)c(Cl)c1CC(N)=S. The molecular formula is C8H12ClN3S. The molecule has 0 atom stereocenters. The van der Waals surface area contributed by atoms with Gasteiger partial charge in [0, 0.05) is 13.0 Å². The maximum atomic E-state index is 6.04. The first-order valence-corrected chi connectivity index (χ1v) is 4.85. The van der Waals surface area contributed by atoms with Crippen molar-refractivity contribution in [3.8, 4) is 0 Å². The van der Waals surface area contributed by atoms with Crippen LogP contribution in [0.15, 0.2) is 0 Å². The molecule has 13 heavy (non-hydrogen) atoms. The van der Waals surface area contributed by atoms with E-state index in [9.17, 15) is 0 Å². The Hall–Kier alpha value is -0.610. The Bertz CT molecular complexity index is 332. The molecule has 0 saturated heterocycles. The van der Waals surface area contributed by atoms with E-state index in [1.54, 1.807) is 0 Å². The molecular weight excluding hydrogens is 206 g/mol. The monoisotopic (exact) mass is 217 g/mol. The van der Waals surface area contributed by atoms with Crippen LogP contribution in [0.3, 0.4) is 0 Å².